The first kappa shape index (κ1) is 11.4. The van der Waals surface area contributed by atoms with Gasteiger partial charge >= 0.3 is 0 Å². The molecule has 0 atom stereocenters. The molecule has 2 N–H and O–H groups in total. The van der Waals surface area contributed by atoms with E-state index in [0.29, 0.717) is 13.1 Å². The largest absolute Gasteiger partial charge is 0.355 e. The maximum Gasteiger partial charge on any atom is 0.216 e. The van der Waals surface area contributed by atoms with Crippen molar-refractivity contribution < 1.29 is 9.63 Å². The van der Waals surface area contributed by atoms with E-state index in [0.717, 1.165) is 0 Å². The lowest BCUT2D eigenvalue weighted by molar-refractivity contribution is -0.119. The summed E-state index contributed by atoms with van der Waals surface area (Å²) in [6.45, 7) is 8.57. The molecule has 0 aromatic carbocycles. The Morgan fingerprint density at radius 3 is 2.33 bits per heavy atom. The summed E-state index contributed by atoms with van der Waals surface area (Å²) in [5.41, 5.74) is 2.58. The van der Waals surface area contributed by atoms with Gasteiger partial charge in [-0.3, -0.25) is 9.63 Å². The van der Waals surface area contributed by atoms with Gasteiger partial charge in [0.05, 0.1) is 5.60 Å². The topological polar surface area (TPSA) is 50.4 Å². The van der Waals surface area contributed by atoms with Crippen molar-refractivity contribution in [3.05, 3.63) is 0 Å². The van der Waals surface area contributed by atoms with Crippen LogP contribution in [-0.4, -0.2) is 24.6 Å². The molecule has 1 amide bonds. The zero-order chi connectivity index (χ0) is 9.61. The van der Waals surface area contributed by atoms with Crippen LogP contribution in [0.1, 0.15) is 27.7 Å². The maximum absolute atomic E-state index is 10.4. The van der Waals surface area contributed by atoms with Gasteiger partial charge in [0.25, 0.3) is 0 Å². The minimum atomic E-state index is -0.184. The van der Waals surface area contributed by atoms with Crippen LogP contribution < -0.4 is 10.8 Å². The number of amides is 1. The summed E-state index contributed by atoms with van der Waals surface area (Å²) in [4.78, 5) is 15.6. The van der Waals surface area contributed by atoms with Crippen LogP contribution in [0, 0.1) is 0 Å². The summed E-state index contributed by atoms with van der Waals surface area (Å²) in [5.74, 6) is -0.0208. The first-order chi connectivity index (χ1) is 5.42. The van der Waals surface area contributed by atoms with Crippen LogP contribution in [0.15, 0.2) is 0 Å². The molecule has 0 fully saturated rings. The van der Waals surface area contributed by atoms with Gasteiger partial charge in [0.15, 0.2) is 0 Å². The molecule has 4 nitrogen and oxygen atoms in total. The van der Waals surface area contributed by atoms with Crippen LogP contribution in [0.25, 0.3) is 0 Å². The molecule has 0 saturated heterocycles. The fourth-order valence-corrected chi connectivity index (χ4v) is 0.557. The molecule has 0 rings (SSSR count). The third-order valence-electron chi connectivity index (χ3n) is 0.979. The van der Waals surface area contributed by atoms with Crippen molar-refractivity contribution in [3.8, 4) is 0 Å². The van der Waals surface area contributed by atoms with Crippen molar-refractivity contribution in [1.82, 2.24) is 10.8 Å². The van der Waals surface area contributed by atoms with E-state index < -0.39 is 0 Å². The molecular weight excluding hydrogens is 156 g/mol. The lowest BCUT2D eigenvalue weighted by Crippen LogP contribution is -2.35. The number of hydrogen-bond donors (Lipinski definition) is 2. The average Bonchev–Trinajstić information content (AvgIpc) is 1.83. The summed E-state index contributed by atoms with van der Waals surface area (Å²) >= 11 is 0. The van der Waals surface area contributed by atoms with Crippen molar-refractivity contribution in [2.75, 3.05) is 13.1 Å². The summed E-state index contributed by atoms with van der Waals surface area (Å²) in [6.07, 6.45) is 0. The third-order valence-corrected chi connectivity index (χ3v) is 0.979. The smallest absolute Gasteiger partial charge is 0.216 e. The van der Waals surface area contributed by atoms with Crippen molar-refractivity contribution in [2.24, 2.45) is 0 Å². The Hall–Kier alpha value is -0.610. The summed E-state index contributed by atoms with van der Waals surface area (Å²) in [7, 11) is 0. The van der Waals surface area contributed by atoms with E-state index in [1.54, 1.807) is 0 Å². The molecule has 4 heteroatoms. The molecule has 0 aliphatic rings. The van der Waals surface area contributed by atoms with Gasteiger partial charge in [-0.15, -0.1) is 0 Å². The maximum atomic E-state index is 10.4. The van der Waals surface area contributed by atoms with Gasteiger partial charge in [-0.05, 0) is 20.8 Å². The van der Waals surface area contributed by atoms with E-state index in [2.05, 4.69) is 10.8 Å². The second-order valence-electron chi connectivity index (χ2n) is 3.59. The molecule has 0 heterocycles. The Morgan fingerprint density at radius 2 is 1.92 bits per heavy atom. The lowest BCUT2D eigenvalue weighted by atomic mass is 10.2. The van der Waals surface area contributed by atoms with E-state index in [9.17, 15) is 4.79 Å². The molecule has 0 radical (unpaired) electrons. The summed E-state index contributed by atoms with van der Waals surface area (Å²) in [6, 6.07) is 0. The highest BCUT2D eigenvalue weighted by Crippen LogP contribution is 2.02. The van der Waals surface area contributed by atoms with Gasteiger partial charge in [0.1, 0.15) is 0 Å². The number of carbonyl (C=O) groups is 1. The first-order valence-corrected chi connectivity index (χ1v) is 4.07. The van der Waals surface area contributed by atoms with Gasteiger partial charge in [0, 0.05) is 20.0 Å². The molecule has 0 aromatic rings. The van der Waals surface area contributed by atoms with E-state index >= 15 is 0 Å². The van der Waals surface area contributed by atoms with Crippen LogP contribution in [-0.2, 0) is 9.63 Å². The molecule has 12 heavy (non-hydrogen) atoms. The van der Waals surface area contributed by atoms with Gasteiger partial charge < -0.3 is 5.32 Å². The Morgan fingerprint density at radius 1 is 1.33 bits per heavy atom. The fraction of sp³-hybridized carbons (Fsp3) is 0.875. The van der Waals surface area contributed by atoms with Crippen LogP contribution in [0.2, 0.25) is 0 Å². The SMILES string of the molecule is CC(=O)NCCNOC(C)(C)C. The van der Waals surface area contributed by atoms with Crippen LogP contribution in [0.5, 0.6) is 0 Å². The minimum absolute atomic E-state index is 0.0208. The molecule has 0 spiro atoms. The normalized spacial score (nSPS) is 11.3. The minimum Gasteiger partial charge on any atom is -0.355 e. The predicted octanol–water partition coefficient (Wildman–Crippen LogP) is 0.442. The number of rotatable bonds is 4. The second-order valence-corrected chi connectivity index (χ2v) is 3.59. The zero-order valence-electron chi connectivity index (χ0n) is 8.23. The summed E-state index contributed by atoms with van der Waals surface area (Å²) in [5, 5.41) is 2.65. The van der Waals surface area contributed by atoms with Gasteiger partial charge in [-0.2, -0.15) is 0 Å². The highest BCUT2D eigenvalue weighted by molar-refractivity contribution is 5.72. The Labute approximate surface area is 73.6 Å². The monoisotopic (exact) mass is 174 g/mol. The van der Waals surface area contributed by atoms with Crippen molar-refractivity contribution in [3.63, 3.8) is 0 Å². The lowest BCUT2D eigenvalue weighted by Gasteiger charge is -2.19. The Kier molecular flexibility index (Phi) is 4.85. The quantitative estimate of drug-likeness (QED) is 0.480. The zero-order valence-corrected chi connectivity index (χ0v) is 8.23. The van der Waals surface area contributed by atoms with Gasteiger partial charge in [0.2, 0.25) is 5.91 Å². The van der Waals surface area contributed by atoms with E-state index in [1.807, 2.05) is 20.8 Å². The summed E-state index contributed by atoms with van der Waals surface area (Å²) < 4.78 is 0. The Bertz CT molecular complexity index is 140. The van der Waals surface area contributed by atoms with Gasteiger partial charge in [-0.25, -0.2) is 5.48 Å². The standard InChI is InChI=1S/C8H18N2O2/c1-7(11)9-5-6-10-12-8(2,3)4/h10H,5-6H2,1-4H3,(H,9,11). The molecule has 0 saturated carbocycles. The number of hydrogen-bond acceptors (Lipinski definition) is 3. The fourth-order valence-electron chi connectivity index (χ4n) is 0.557. The molecule has 72 valence electrons. The molecule has 0 aromatic heterocycles. The highest BCUT2D eigenvalue weighted by Gasteiger charge is 2.08. The molecular formula is C8H18N2O2. The van der Waals surface area contributed by atoms with Crippen molar-refractivity contribution in [2.45, 2.75) is 33.3 Å². The first-order valence-electron chi connectivity index (χ1n) is 4.07. The highest BCUT2D eigenvalue weighted by atomic mass is 16.7. The van der Waals surface area contributed by atoms with E-state index in [1.165, 1.54) is 6.92 Å². The van der Waals surface area contributed by atoms with Crippen LogP contribution in [0.4, 0.5) is 0 Å². The van der Waals surface area contributed by atoms with Crippen molar-refractivity contribution >= 4 is 5.91 Å². The van der Waals surface area contributed by atoms with Crippen molar-refractivity contribution in [1.29, 1.82) is 0 Å². The molecule has 0 unspecified atom stereocenters. The molecule has 0 aliphatic carbocycles. The number of carbonyl (C=O) groups excluding carboxylic acids is 1. The van der Waals surface area contributed by atoms with Crippen LogP contribution in [0.3, 0.4) is 0 Å². The predicted molar refractivity (Wildman–Crippen MR) is 47.5 cm³/mol. The molecule has 0 bridgehead atoms. The average molecular weight is 174 g/mol. The number of nitrogens with one attached hydrogen (secondary N) is 2. The Balaban J connectivity index is 3.17. The second kappa shape index (κ2) is 5.11. The number of hydroxylamine groups is 1. The molecule has 0 aliphatic heterocycles. The third kappa shape index (κ3) is 9.39. The van der Waals surface area contributed by atoms with E-state index in [-0.39, 0.29) is 11.5 Å². The van der Waals surface area contributed by atoms with Crippen LogP contribution >= 0.6 is 0 Å². The van der Waals surface area contributed by atoms with Gasteiger partial charge in [-0.1, -0.05) is 0 Å². The van der Waals surface area contributed by atoms with E-state index in [4.69, 9.17) is 4.84 Å².